The maximum absolute atomic E-state index is 12.2. The Bertz CT molecular complexity index is 1700. The van der Waals surface area contributed by atoms with Gasteiger partial charge in [0.25, 0.3) is 0 Å². The molecule has 1 atom stereocenters. The number of thiophene rings is 1. The Kier molecular flexibility index (Phi) is 8.33. The average Bonchev–Trinajstić information content (AvgIpc) is 3.57. The van der Waals surface area contributed by atoms with Gasteiger partial charge in [-0.3, -0.25) is 10.0 Å². The number of nitrogens with zero attached hydrogens (tertiary/aromatic N) is 3. The number of ether oxygens (including phenoxy) is 2. The van der Waals surface area contributed by atoms with E-state index in [2.05, 4.69) is 41.2 Å². The Labute approximate surface area is 250 Å². The number of sulfone groups is 1. The first-order chi connectivity index (χ1) is 19.6. The quantitative estimate of drug-likeness (QED) is 0.209. The van der Waals surface area contributed by atoms with Crippen molar-refractivity contribution in [2.75, 3.05) is 51.1 Å². The average molecular weight is 610 g/mol. The smallest absolute Gasteiger partial charge is 0.175 e. The van der Waals surface area contributed by atoms with E-state index in [-0.39, 0.29) is 6.04 Å². The minimum atomic E-state index is -3.32. The van der Waals surface area contributed by atoms with Gasteiger partial charge in [-0.2, -0.15) is 0 Å². The fourth-order valence-corrected chi connectivity index (χ4v) is 6.83. The van der Waals surface area contributed by atoms with E-state index in [0.29, 0.717) is 21.4 Å². The third-order valence-electron chi connectivity index (χ3n) is 6.78. The van der Waals surface area contributed by atoms with Gasteiger partial charge in [0.1, 0.15) is 0 Å². The van der Waals surface area contributed by atoms with Gasteiger partial charge in [-0.1, -0.05) is 35.9 Å². The van der Waals surface area contributed by atoms with E-state index in [1.165, 1.54) is 6.26 Å². The van der Waals surface area contributed by atoms with Crippen molar-refractivity contribution in [1.29, 1.82) is 0 Å². The molecule has 0 aliphatic carbocycles. The van der Waals surface area contributed by atoms with Crippen molar-refractivity contribution >= 4 is 49.8 Å². The van der Waals surface area contributed by atoms with E-state index in [9.17, 15) is 8.42 Å². The highest BCUT2D eigenvalue weighted by atomic mass is 35.5. The summed E-state index contributed by atoms with van der Waals surface area (Å²) in [6.07, 6.45) is 3.48. The molecule has 0 saturated carbocycles. The molecule has 5 rings (SSSR count). The zero-order valence-corrected chi connectivity index (χ0v) is 25.9. The lowest BCUT2D eigenvalue weighted by Crippen LogP contribution is -2.46. The monoisotopic (exact) mass is 609 g/mol. The minimum Gasteiger partial charge on any atom is -0.493 e. The second-order valence-electron chi connectivity index (χ2n) is 9.99. The maximum Gasteiger partial charge on any atom is 0.175 e. The lowest BCUT2D eigenvalue weighted by molar-refractivity contribution is 0.354. The summed E-state index contributed by atoms with van der Waals surface area (Å²) >= 11 is 8.43. The van der Waals surface area contributed by atoms with Crippen molar-refractivity contribution in [3.8, 4) is 21.9 Å². The summed E-state index contributed by atoms with van der Waals surface area (Å²) in [5.41, 5.74) is 3.59. The molecule has 10 heteroatoms. The molecule has 214 valence electrons. The Morgan fingerprint density at radius 1 is 0.902 bits per heavy atom. The van der Waals surface area contributed by atoms with Crippen molar-refractivity contribution in [2.45, 2.75) is 10.9 Å². The SMILES string of the molecule is COc1ccc(N2C(CN(C)C)C=C(c3ccc(-c4cccc(S(C)(=O)=O)c4)s3)N2c2ccccc2Cl)cc1OC. The zero-order valence-electron chi connectivity index (χ0n) is 23.5. The van der Waals surface area contributed by atoms with Crippen molar-refractivity contribution in [3.63, 3.8) is 0 Å². The molecule has 0 spiro atoms. The summed E-state index contributed by atoms with van der Waals surface area (Å²) in [4.78, 5) is 4.45. The number of anilines is 2. The lowest BCUT2D eigenvalue weighted by atomic mass is 10.2. The predicted molar refractivity (Wildman–Crippen MR) is 169 cm³/mol. The van der Waals surface area contributed by atoms with Gasteiger partial charge in [0, 0.05) is 23.7 Å². The number of methoxy groups -OCH3 is 2. The normalized spacial score (nSPS) is 15.4. The number of hydrogen-bond donors (Lipinski definition) is 0. The molecule has 0 amide bonds. The summed E-state index contributed by atoms with van der Waals surface area (Å²) in [5, 5.41) is 5.00. The summed E-state index contributed by atoms with van der Waals surface area (Å²) in [5.74, 6) is 1.28. The molecule has 1 unspecified atom stereocenters. The van der Waals surface area contributed by atoms with Gasteiger partial charge in [-0.15, -0.1) is 11.3 Å². The topological polar surface area (TPSA) is 62.3 Å². The molecule has 1 aromatic heterocycles. The van der Waals surface area contributed by atoms with Gasteiger partial charge in [-0.05, 0) is 74.3 Å². The van der Waals surface area contributed by atoms with Crippen molar-refractivity contribution in [2.24, 2.45) is 0 Å². The number of para-hydroxylation sites is 1. The fraction of sp³-hybridized carbons (Fsp3) is 0.226. The highest BCUT2D eigenvalue weighted by molar-refractivity contribution is 7.90. The molecule has 3 aromatic carbocycles. The number of benzene rings is 3. The maximum atomic E-state index is 12.2. The van der Waals surface area contributed by atoms with E-state index in [1.54, 1.807) is 43.8 Å². The lowest BCUT2D eigenvalue weighted by Gasteiger charge is -2.38. The Balaban J connectivity index is 1.65. The molecule has 2 heterocycles. The van der Waals surface area contributed by atoms with Crippen molar-refractivity contribution in [1.82, 2.24) is 4.90 Å². The summed E-state index contributed by atoms with van der Waals surface area (Å²) < 4.78 is 35.5. The molecular weight excluding hydrogens is 578 g/mol. The molecule has 0 fully saturated rings. The molecule has 4 aromatic rings. The van der Waals surface area contributed by atoms with Gasteiger partial charge >= 0.3 is 0 Å². The van der Waals surface area contributed by atoms with Crippen LogP contribution in [0.5, 0.6) is 11.5 Å². The van der Waals surface area contributed by atoms with E-state index in [1.807, 2.05) is 54.6 Å². The summed E-state index contributed by atoms with van der Waals surface area (Å²) in [6, 6.07) is 24.8. The predicted octanol–water partition coefficient (Wildman–Crippen LogP) is 6.70. The standard InChI is InChI=1S/C31H32ClN3O4S2/c1-33(2)20-23-18-27(31-16-15-30(40-31)21-9-8-10-24(17-21)41(5,36)37)35(26-12-7-6-11-25(26)32)34(23)22-13-14-28(38-3)29(19-22)39-4/h6-19,23H,20H2,1-5H3. The van der Waals surface area contributed by atoms with Gasteiger partial charge in [0.2, 0.25) is 0 Å². The van der Waals surface area contributed by atoms with Crippen LogP contribution in [0.1, 0.15) is 4.88 Å². The molecule has 0 bridgehead atoms. The highest BCUT2D eigenvalue weighted by Crippen LogP contribution is 2.45. The van der Waals surface area contributed by atoms with E-state index < -0.39 is 9.84 Å². The molecule has 0 radical (unpaired) electrons. The van der Waals surface area contributed by atoms with E-state index >= 15 is 0 Å². The van der Waals surface area contributed by atoms with Crippen LogP contribution in [0.2, 0.25) is 5.02 Å². The molecule has 0 saturated heterocycles. The van der Waals surface area contributed by atoms with Crippen LogP contribution in [0, 0.1) is 0 Å². The van der Waals surface area contributed by atoms with Crippen LogP contribution >= 0.6 is 22.9 Å². The Hall–Kier alpha value is -3.50. The van der Waals surface area contributed by atoms with Crippen LogP contribution < -0.4 is 19.5 Å². The second kappa shape index (κ2) is 11.8. The minimum absolute atomic E-state index is 0.0338. The third kappa shape index (κ3) is 5.94. The first-order valence-corrected chi connectivity index (χ1v) is 16.0. The third-order valence-corrected chi connectivity index (χ3v) is 9.36. The largest absolute Gasteiger partial charge is 0.493 e. The molecule has 1 aliphatic heterocycles. The first-order valence-electron chi connectivity index (χ1n) is 12.9. The van der Waals surface area contributed by atoms with Gasteiger partial charge in [-0.25, -0.2) is 8.42 Å². The number of likely N-dealkylation sites (N-methyl/N-ethyl adjacent to an activating group) is 1. The van der Waals surface area contributed by atoms with Gasteiger partial charge < -0.3 is 14.4 Å². The number of hydrazine groups is 1. The van der Waals surface area contributed by atoms with Crippen LogP contribution in [0.15, 0.2) is 89.8 Å². The Morgan fingerprint density at radius 2 is 1.63 bits per heavy atom. The van der Waals surface area contributed by atoms with Crippen LogP contribution in [0.3, 0.4) is 0 Å². The Morgan fingerprint density at radius 3 is 2.32 bits per heavy atom. The highest BCUT2D eigenvalue weighted by Gasteiger charge is 2.36. The molecule has 41 heavy (non-hydrogen) atoms. The molecule has 7 nitrogen and oxygen atoms in total. The van der Waals surface area contributed by atoms with Crippen LogP contribution in [0.4, 0.5) is 11.4 Å². The molecular formula is C31H32ClN3O4S2. The van der Waals surface area contributed by atoms with Gasteiger partial charge in [0.15, 0.2) is 21.3 Å². The number of halogens is 1. The van der Waals surface area contributed by atoms with E-state index in [4.69, 9.17) is 21.1 Å². The summed E-state index contributed by atoms with van der Waals surface area (Å²) in [7, 11) is 4.04. The first kappa shape index (κ1) is 29.0. The van der Waals surface area contributed by atoms with Gasteiger partial charge in [0.05, 0.1) is 52.1 Å². The van der Waals surface area contributed by atoms with Crippen LogP contribution in [0.25, 0.3) is 16.1 Å². The molecule has 1 aliphatic rings. The number of rotatable bonds is 9. The summed E-state index contributed by atoms with van der Waals surface area (Å²) in [6.45, 7) is 0.743. The van der Waals surface area contributed by atoms with E-state index in [0.717, 1.165) is 38.9 Å². The van der Waals surface area contributed by atoms with Crippen molar-refractivity contribution in [3.05, 3.63) is 94.8 Å². The van der Waals surface area contributed by atoms with Crippen LogP contribution in [-0.2, 0) is 9.84 Å². The van der Waals surface area contributed by atoms with Crippen molar-refractivity contribution < 1.29 is 17.9 Å². The fourth-order valence-electron chi connectivity index (χ4n) is 4.93. The number of hydrogen-bond acceptors (Lipinski definition) is 8. The molecule has 0 N–H and O–H groups in total. The second-order valence-corrected chi connectivity index (χ2v) is 13.5. The zero-order chi connectivity index (χ0) is 29.3. The van der Waals surface area contributed by atoms with Crippen LogP contribution in [-0.4, -0.2) is 60.5 Å².